The van der Waals surface area contributed by atoms with Gasteiger partial charge in [-0.2, -0.15) is 19.9 Å². The van der Waals surface area contributed by atoms with Gasteiger partial charge in [0.05, 0.1) is 22.1 Å². The minimum atomic E-state index is 0.714. The molecule has 0 spiro atoms. The zero-order chi connectivity index (χ0) is 87.3. The molecule has 0 saturated carbocycles. The summed E-state index contributed by atoms with van der Waals surface area (Å²) in [5, 5.41) is 21.6. The number of pyridine rings is 4. The zero-order valence-electron chi connectivity index (χ0n) is 74.0. The van der Waals surface area contributed by atoms with Crippen LogP contribution in [0.1, 0.15) is 75.6 Å². The molecule has 16 heterocycles. The lowest BCUT2D eigenvalue weighted by Crippen LogP contribution is -2.48. The third-order valence-electron chi connectivity index (χ3n) is 25.5. The Kier molecular flexibility index (Phi) is 30.9. The number of hydrogen-bond acceptors (Lipinski definition) is 28. The number of aromatic nitrogens is 12. The van der Waals surface area contributed by atoms with Gasteiger partial charge in [0.25, 0.3) is 0 Å². The Morgan fingerprint density at radius 2 is 0.500 bits per heavy atom. The first kappa shape index (κ1) is 89.4. The van der Waals surface area contributed by atoms with E-state index in [1.54, 1.807) is 0 Å². The zero-order valence-corrected chi connectivity index (χ0v) is 77.0. The summed E-state index contributed by atoms with van der Waals surface area (Å²) in [5.74, 6) is 7.84. The molecule has 8 fully saturated rings. The minimum absolute atomic E-state index is 0.714. The number of anilines is 12. The quantitative estimate of drug-likeness (QED) is 0.0368. The molecule has 128 heavy (non-hydrogen) atoms. The maximum Gasteiger partial charge on any atom is 0.227 e. The van der Waals surface area contributed by atoms with E-state index in [1.165, 1.54) is 51.4 Å². The van der Waals surface area contributed by atoms with Crippen molar-refractivity contribution in [1.29, 1.82) is 0 Å². The van der Waals surface area contributed by atoms with Gasteiger partial charge in [-0.05, 0) is 200 Å². The summed E-state index contributed by atoms with van der Waals surface area (Å²) < 4.78 is 0. The molecule has 20 rings (SSSR count). The molecule has 28 nitrogen and oxygen atoms in total. The van der Waals surface area contributed by atoms with E-state index < -0.39 is 0 Å². The minimum Gasteiger partial charge on any atom is -0.384 e. The lowest BCUT2D eigenvalue weighted by Gasteiger charge is -2.35. The van der Waals surface area contributed by atoms with Gasteiger partial charge in [0.15, 0.2) is 0 Å². The molecule has 32 heteroatoms. The van der Waals surface area contributed by atoms with Crippen LogP contribution >= 0.6 is 46.4 Å². The van der Waals surface area contributed by atoms with Crippen LogP contribution in [0.25, 0.3) is 43.6 Å². The first-order chi connectivity index (χ1) is 62.8. The van der Waals surface area contributed by atoms with E-state index in [9.17, 15) is 0 Å². The average Bonchev–Trinajstić information content (AvgIpc) is 0.922. The number of halogens is 4. The second-order valence-corrected chi connectivity index (χ2v) is 36.1. The highest BCUT2D eigenvalue weighted by Gasteiger charge is 2.28. The van der Waals surface area contributed by atoms with Crippen molar-refractivity contribution in [2.24, 2.45) is 0 Å². The smallest absolute Gasteiger partial charge is 0.227 e. The van der Waals surface area contributed by atoms with Gasteiger partial charge in [-0.1, -0.05) is 46.4 Å². The van der Waals surface area contributed by atoms with Gasteiger partial charge in [-0.15, -0.1) is 0 Å². The van der Waals surface area contributed by atoms with Gasteiger partial charge < -0.3 is 60.5 Å². The van der Waals surface area contributed by atoms with Crippen molar-refractivity contribution in [3.63, 3.8) is 0 Å². The Hall–Kier alpha value is -10.6. The van der Waals surface area contributed by atoms with Crippen LogP contribution in [0.5, 0.6) is 0 Å². The number of nitrogens with one attached hydrogen (secondary N) is 4. The van der Waals surface area contributed by atoms with Gasteiger partial charge in [0.1, 0.15) is 23.3 Å². The van der Waals surface area contributed by atoms with E-state index in [0.717, 1.165) is 357 Å². The lowest BCUT2D eigenvalue weighted by molar-refractivity contribution is 0.256. The molecule has 0 radical (unpaired) electrons. The molecule has 0 atom stereocenters. The molecule has 0 aliphatic carbocycles. The van der Waals surface area contributed by atoms with Crippen LogP contribution < -0.4 is 60.5 Å². The molecule has 4 N–H and O–H groups in total. The number of nitrogens with zero attached hydrogens (tertiary/aromatic N) is 24. The number of hydrogen-bond donors (Lipinski definition) is 4. The molecule has 672 valence electrons. The second kappa shape index (κ2) is 44.2. The Morgan fingerprint density at radius 3 is 0.805 bits per heavy atom. The third kappa shape index (κ3) is 23.9. The third-order valence-corrected chi connectivity index (χ3v) is 26.4. The average molecular weight is 1810 g/mol. The predicted octanol–water partition coefficient (Wildman–Crippen LogP) is 15.4. The van der Waals surface area contributed by atoms with E-state index in [4.69, 9.17) is 66.3 Å². The largest absolute Gasteiger partial charge is 0.384 e. The number of aryl methyl sites for hydroxylation is 2. The van der Waals surface area contributed by atoms with Crippen molar-refractivity contribution in [3.05, 3.63) is 190 Å². The summed E-state index contributed by atoms with van der Waals surface area (Å²) in [6, 6.07) is 39.9. The fourth-order valence-corrected chi connectivity index (χ4v) is 19.0. The van der Waals surface area contributed by atoms with Crippen molar-refractivity contribution in [2.75, 3.05) is 270 Å². The van der Waals surface area contributed by atoms with Crippen molar-refractivity contribution in [1.82, 2.24) is 79.4 Å². The molecule has 0 unspecified atom stereocenters. The Balaban J connectivity index is 0.000000120. The standard InChI is InChI=1S/C25H32ClN7.2C24H30ClN7.C23H28ClN7/c1-19-17-24(30-25(29-19)33-11-2-3-12-33)32-15-13-31(14-16-32)10-4-8-27-22-7-9-28-23-18-20(26)5-6-21(22)23;1-18-16-23(29-24(28-18)32-9-2-3-10-32)31-14-12-30(13-15-31)11-8-27-21-6-7-26-22-17-19(25)4-5-20(21)22;25-19-4-5-20-21(6-9-27-22(20)18-19)26-8-3-11-30-14-16-31(17-15-30)23-7-10-28-24(29-23)32-12-1-2-13-32;24-18-3-4-19-20(5-7-25-21(19)17-18)26-9-12-29-13-15-30(16-14-29)22-6-8-27-23(28-22)31-10-1-2-11-31/h5-7,9,17-18H,2-4,8,10-16H2,1H3,(H,27,28);4-7,16-17H,2-3,8-15H2,1H3,(H,26,27);4-7,9-10,18H,1-3,8,11-17H2,(H,26,27);3-8,17H,1-2,9-16H2,(H,25,26). The summed E-state index contributed by atoms with van der Waals surface area (Å²) in [7, 11) is 0. The maximum absolute atomic E-state index is 6.10. The molecular weight excluding hydrogens is 1690 g/mol. The van der Waals surface area contributed by atoms with Crippen LogP contribution in [0.3, 0.4) is 0 Å². The van der Waals surface area contributed by atoms with Crippen molar-refractivity contribution >= 4 is 160 Å². The number of fused-ring (bicyclic) bond motifs is 4. The maximum atomic E-state index is 6.10. The van der Waals surface area contributed by atoms with Crippen LogP contribution in [-0.4, -0.2) is 289 Å². The highest BCUT2D eigenvalue weighted by Crippen LogP contribution is 2.32. The van der Waals surface area contributed by atoms with E-state index in [-0.39, 0.29) is 0 Å². The Bertz CT molecular complexity index is 5610. The van der Waals surface area contributed by atoms with Crippen LogP contribution in [0, 0.1) is 13.8 Å². The van der Waals surface area contributed by atoms with Crippen LogP contribution in [0.4, 0.5) is 69.8 Å². The van der Waals surface area contributed by atoms with E-state index in [2.05, 4.69) is 146 Å². The molecule has 0 amide bonds. The van der Waals surface area contributed by atoms with Gasteiger partial charge in [-0.25, -0.2) is 19.9 Å². The predicted molar refractivity (Wildman–Crippen MR) is 528 cm³/mol. The van der Waals surface area contributed by atoms with Crippen molar-refractivity contribution < 1.29 is 0 Å². The van der Waals surface area contributed by atoms with Crippen molar-refractivity contribution in [2.45, 2.75) is 78.1 Å². The molecule has 0 bridgehead atoms. The molecule has 8 saturated heterocycles. The van der Waals surface area contributed by atoms with Gasteiger partial charge >= 0.3 is 0 Å². The fourth-order valence-electron chi connectivity index (χ4n) is 18.3. The first-order valence-electron chi connectivity index (χ1n) is 46.2. The highest BCUT2D eigenvalue weighted by atomic mass is 35.5. The number of rotatable bonds is 26. The van der Waals surface area contributed by atoms with Crippen LogP contribution in [0.15, 0.2) is 159 Å². The lowest BCUT2D eigenvalue weighted by atomic mass is 10.2. The van der Waals surface area contributed by atoms with E-state index >= 15 is 0 Å². The molecule has 12 aromatic rings. The van der Waals surface area contributed by atoms with Crippen LogP contribution in [0.2, 0.25) is 20.1 Å². The number of piperazine rings is 4. The molecular formula is C96H120Cl4N28. The van der Waals surface area contributed by atoms with E-state index in [1.807, 2.05) is 146 Å². The van der Waals surface area contributed by atoms with Crippen LogP contribution in [-0.2, 0) is 0 Å². The highest BCUT2D eigenvalue weighted by molar-refractivity contribution is 6.32. The second-order valence-electron chi connectivity index (χ2n) is 34.4. The topological polar surface area (TPSA) is 242 Å². The first-order valence-corrected chi connectivity index (χ1v) is 47.7. The van der Waals surface area contributed by atoms with Gasteiger partial charge in [0, 0.05) is 321 Å². The monoisotopic (exact) mass is 1800 g/mol. The van der Waals surface area contributed by atoms with Gasteiger partial charge in [-0.3, -0.25) is 39.5 Å². The molecule has 4 aromatic carbocycles. The van der Waals surface area contributed by atoms with E-state index in [0.29, 0.717) is 10.0 Å². The summed E-state index contributed by atoms with van der Waals surface area (Å²) >= 11 is 24.4. The summed E-state index contributed by atoms with van der Waals surface area (Å²) in [6.07, 6.45) is 23.3. The Labute approximate surface area is 772 Å². The normalized spacial score (nSPS) is 17.3. The number of benzene rings is 4. The van der Waals surface area contributed by atoms with Crippen molar-refractivity contribution in [3.8, 4) is 0 Å². The SMILES string of the molecule is Cc1cc(N2CCN(CCCNc3ccnc4cc(Cl)ccc34)CC2)nc(N2CCCC2)n1.Cc1cc(N2CCN(CCNc3ccnc4cc(Cl)ccc34)CC2)nc(N2CCCC2)n1.Clc1ccc2c(NCCCN3CCN(c4ccnc(N5CCCC5)n4)CC3)ccnc2c1.Clc1ccc2c(NCCN3CCN(c4ccnc(N5CCCC5)n4)CC3)ccnc2c1. The summed E-state index contributed by atoms with van der Waals surface area (Å²) in [6.45, 7) is 37.1. The van der Waals surface area contributed by atoms with Gasteiger partial charge in [0.2, 0.25) is 23.8 Å². The summed E-state index contributed by atoms with van der Waals surface area (Å²) in [5.41, 5.74) is 10.3. The Morgan fingerprint density at radius 1 is 0.242 bits per heavy atom. The fraction of sp³-hybridized carbons (Fsp3) is 0.458. The summed E-state index contributed by atoms with van der Waals surface area (Å²) in [4.78, 5) is 84.4. The molecule has 8 aromatic heterocycles. The molecule has 8 aliphatic heterocycles. The molecule has 8 aliphatic rings.